The predicted molar refractivity (Wildman–Crippen MR) is 49.3 cm³/mol. The molecule has 0 aliphatic heterocycles. The summed E-state index contributed by atoms with van der Waals surface area (Å²) in [4.78, 5) is 21.8. The maximum atomic E-state index is 11.3. The zero-order chi connectivity index (χ0) is 10.6. The van der Waals surface area contributed by atoms with Gasteiger partial charge in [-0.25, -0.2) is 4.79 Å². The number of carboxylic acid groups (broad SMARTS) is 1. The van der Waals surface area contributed by atoms with Gasteiger partial charge in [0.2, 0.25) is 5.91 Å². The number of carbonyl (C=O) groups is 2. The van der Waals surface area contributed by atoms with Gasteiger partial charge in [-0.15, -0.1) is 0 Å². The Kier molecular flexibility index (Phi) is 4.17. The maximum Gasteiger partial charge on any atom is 0.331 e. The Labute approximate surface area is 77.6 Å². The molecule has 74 valence electrons. The van der Waals surface area contributed by atoms with Crippen molar-refractivity contribution in [2.24, 2.45) is 0 Å². The molecule has 4 heteroatoms. The highest BCUT2D eigenvalue weighted by Gasteiger charge is 2.12. The Bertz CT molecular complexity index is 254. The van der Waals surface area contributed by atoms with Crippen molar-refractivity contribution in [1.82, 2.24) is 5.32 Å². The summed E-state index contributed by atoms with van der Waals surface area (Å²) in [6.45, 7) is 6.56. The zero-order valence-electron chi connectivity index (χ0n) is 8.34. The predicted octanol–water partition coefficient (Wildman–Crippen LogP) is 0.932. The normalized spacial score (nSPS) is 12.4. The minimum Gasteiger partial charge on any atom is -0.478 e. The molecular weight excluding hydrogens is 170 g/mol. The molecule has 0 unspecified atom stereocenters. The molecule has 0 aromatic rings. The molecule has 2 N–H and O–H groups in total. The molecule has 0 rings (SSSR count). The Morgan fingerprint density at radius 1 is 1.15 bits per heavy atom. The second-order valence-electron chi connectivity index (χ2n) is 3.18. The number of hydrogen-bond acceptors (Lipinski definition) is 2. The molecular formula is C9H15NO3. The fraction of sp³-hybridized carbons (Fsp3) is 0.556. The van der Waals surface area contributed by atoms with E-state index in [0.717, 1.165) is 0 Å². The average molecular weight is 185 g/mol. The minimum absolute atomic E-state index is 0.0176. The summed E-state index contributed by atoms with van der Waals surface area (Å²) in [5, 5.41) is 11.2. The van der Waals surface area contributed by atoms with E-state index in [4.69, 9.17) is 5.11 Å². The molecule has 0 heterocycles. The van der Waals surface area contributed by atoms with Gasteiger partial charge < -0.3 is 10.4 Å². The van der Waals surface area contributed by atoms with Gasteiger partial charge >= 0.3 is 5.97 Å². The average Bonchev–Trinajstić information content (AvgIpc) is 2.00. The van der Waals surface area contributed by atoms with E-state index in [-0.39, 0.29) is 23.1 Å². The second kappa shape index (κ2) is 4.64. The van der Waals surface area contributed by atoms with Crippen LogP contribution in [0.25, 0.3) is 0 Å². The van der Waals surface area contributed by atoms with Crippen molar-refractivity contribution >= 4 is 11.9 Å². The number of hydrogen-bond donors (Lipinski definition) is 2. The molecule has 0 fully saturated rings. The van der Waals surface area contributed by atoms with Crippen LogP contribution in [-0.4, -0.2) is 23.0 Å². The number of amides is 1. The van der Waals surface area contributed by atoms with Crippen LogP contribution < -0.4 is 5.32 Å². The van der Waals surface area contributed by atoms with E-state index >= 15 is 0 Å². The summed E-state index contributed by atoms with van der Waals surface area (Å²) in [5.74, 6) is -1.38. The molecule has 0 saturated carbocycles. The van der Waals surface area contributed by atoms with E-state index in [1.807, 2.05) is 13.8 Å². The van der Waals surface area contributed by atoms with E-state index in [1.165, 1.54) is 13.8 Å². The van der Waals surface area contributed by atoms with E-state index in [2.05, 4.69) is 5.32 Å². The molecule has 0 atom stereocenters. The van der Waals surface area contributed by atoms with E-state index in [0.29, 0.717) is 0 Å². The first kappa shape index (κ1) is 11.7. The lowest BCUT2D eigenvalue weighted by Crippen LogP contribution is -2.31. The lowest BCUT2D eigenvalue weighted by atomic mass is 10.1. The summed E-state index contributed by atoms with van der Waals surface area (Å²) in [6.07, 6.45) is 0. The van der Waals surface area contributed by atoms with Crippen molar-refractivity contribution in [2.75, 3.05) is 0 Å². The first-order valence-corrected chi connectivity index (χ1v) is 4.08. The summed E-state index contributed by atoms with van der Waals surface area (Å²) in [6, 6.07) is 0.0176. The Hall–Kier alpha value is -1.32. The molecule has 0 radical (unpaired) electrons. The highest BCUT2D eigenvalue weighted by atomic mass is 16.4. The number of carboxylic acids is 1. The second-order valence-corrected chi connectivity index (χ2v) is 3.18. The van der Waals surface area contributed by atoms with Crippen molar-refractivity contribution in [3.8, 4) is 0 Å². The van der Waals surface area contributed by atoms with Crippen LogP contribution in [0, 0.1) is 0 Å². The molecule has 4 nitrogen and oxygen atoms in total. The highest BCUT2D eigenvalue weighted by molar-refractivity contribution is 6.01. The van der Waals surface area contributed by atoms with Crippen molar-refractivity contribution in [3.05, 3.63) is 11.1 Å². The van der Waals surface area contributed by atoms with Gasteiger partial charge in [0.15, 0.2) is 0 Å². The number of nitrogens with one attached hydrogen (secondary N) is 1. The van der Waals surface area contributed by atoms with Gasteiger partial charge in [-0.05, 0) is 27.7 Å². The lowest BCUT2D eigenvalue weighted by molar-refractivity contribution is -0.133. The molecule has 0 saturated heterocycles. The van der Waals surface area contributed by atoms with E-state index in [9.17, 15) is 9.59 Å². The van der Waals surface area contributed by atoms with Crippen molar-refractivity contribution in [1.29, 1.82) is 0 Å². The molecule has 1 amide bonds. The third-order valence-corrected chi connectivity index (χ3v) is 1.64. The van der Waals surface area contributed by atoms with Gasteiger partial charge in [-0.3, -0.25) is 4.79 Å². The van der Waals surface area contributed by atoms with Crippen LogP contribution in [0.5, 0.6) is 0 Å². The first-order chi connectivity index (χ1) is 5.86. The van der Waals surface area contributed by atoms with Crippen LogP contribution >= 0.6 is 0 Å². The monoisotopic (exact) mass is 185 g/mol. The molecule has 13 heavy (non-hydrogen) atoms. The van der Waals surface area contributed by atoms with Gasteiger partial charge in [-0.1, -0.05) is 0 Å². The standard InChI is InChI=1S/C9H15NO3/c1-5(2)10-8(11)6(3)7(4)9(12)13/h5H,1-4H3,(H,10,11)(H,12,13)/b7-6-. The fourth-order valence-corrected chi connectivity index (χ4v) is 0.701. The van der Waals surface area contributed by atoms with Crippen LogP contribution in [0.15, 0.2) is 11.1 Å². The van der Waals surface area contributed by atoms with Crippen LogP contribution in [-0.2, 0) is 9.59 Å². The Morgan fingerprint density at radius 2 is 1.62 bits per heavy atom. The smallest absolute Gasteiger partial charge is 0.331 e. The van der Waals surface area contributed by atoms with Crippen LogP contribution in [0.4, 0.5) is 0 Å². The molecule has 0 aromatic heterocycles. The Balaban J connectivity index is 4.59. The van der Waals surface area contributed by atoms with Gasteiger partial charge in [-0.2, -0.15) is 0 Å². The van der Waals surface area contributed by atoms with Gasteiger partial charge in [0.05, 0.1) is 0 Å². The van der Waals surface area contributed by atoms with Crippen molar-refractivity contribution in [2.45, 2.75) is 33.7 Å². The van der Waals surface area contributed by atoms with Crippen molar-refractivity contribution in [3.63, 3.8) is 0 Å². The summed E-state index contributed by atoms with van der Waals surface area (Å²) in [5.41, 5.74) is 0.333. The van der Waals surface area contributed by atoms with Gasteiger partial charge in [0, 0.05) is 17.2 Å². The van der Waals surface area contributed by atoms with E-state index < -0.39 is 5.97 Å². The Morgan fingerprint density at radius 3 is 1.92 bits per heavy atom. The molecule has 0 aliphatic rings. The molecule has 0 aromatic carbocycles. The lowest BCUT2D eigenvalue weighted by Gasteiger charge is -2.09. The fourth-order valence-electron chi connectivity index (χ4n) is 0.701. The largest absolute Gasteiger partial charge is 0.478 e. The van der Waals surface area contributed by atoms with Gasteiger partial charge in [0.25, 0.3) is 0 Å². The number of rotatable bonds is 3. The molecule has 0 aliphatic carbocycles. The van der Waals surface area contributed by atoms with Crippen LogP contribution in [0.1, 0.15) is 27.7 Å². The zero-order valence-corrected chi connectivity index (χ0v) is 8.34. The third kappa shape index (κ3) is 3.73. The SMILES string of the molecule is C/C(C(=O)O)=C(\C)C(=O)NC(C)C. The van der Waals surface area contributed by atoms with E-state index in [1.54, 1.807) is 0 Å². The van der Waals surface area contributed by atoms with Gasteiger partial charge in [0.1, 0.15) is 0 Å². The summed E-state index contributed by atoms with van der Waals surface area (Å²) >= 11 is 0. The number of aliphatic carboxylic acids is 1. The molecule has 0 bridgehead atoms. The third-order valence-electron chi connectivity index (χ3n) is 1.64. The molecule has 0 spiro atoms. The topological polar surface area (TPSA) is 66.4 Å². The summed E-state index contributed by atoms with van der Waals surface area (Å²) < 4.78 is 0. The van der Waals surface area contributed by atoms with Crippen LogP contribution in [0.3, 0.4) is 0 Å². The first-order valence-electron chi connectivity index (χ1n) is 4.08. The quantitative estimate of drug-likeness (QED) is 0.643. The maximum absolute atomic E-state index is 11.3. The number of carbonyl (C=O) groups excluding carboxylic acids is 1. The minimum atomic E-state index is -1.06. The van der Waals surface area contributed by atoms with Crippen molar-refractivity contribution < 1.29 is 14.7 Å². The highest BCUT2D eigenvalue weighted by Crippen LogP contribution is 2.03. The van der Waals surface area contributed by atoms with Crippen LogP contribution in [0.2, 0.25) is 0 Å². The summed E-state index contributed by atoms with van der Waals surface area (Å²) in [7, 11) is 0.